The van der Waals surface area contributed by atoms with Crippen molar-refractivity contribution in [2.24, 2.45) is 11.7 Å². The molecule has 2 atom stereocenters. The van der Waals surface area contributed by atoms with Crippen LogP contribution in [-0.2, 0) is 11.0 Å². The summed E-state index contributed by atoms with van der Waals surface area (Å²) in [5.41, 5.74) is 8.44. The number of carbonyl (C=O) groups is 1. The minimum absolute atomic E-state index is 0.0406. The van der Waals surface area contributed by atoms with Gasteiger partial charge in [-0.1, -0.05) is 41.5 Å². The summed E-state index contributed by atoms with van der Waals surface area (Å²) >= 11 is 6.22. The van der Waals surface area contributed by atoms with Gasteiger partial charge in [0, 0.05) is 28.8 Å². The Labute approximate surface area is 259 Å². The number of methoxy groups -OCH3 is 1. The Kier molecular flexibility index (Phi) is 11.7. The molecule has 5 N–H and O–H groups in total. The lowest BCUT2D eigenvalue weighted by Crippen LogP contribution is -2.37. The second kappa shape index (κ2) is 15.0. The first kappa shape index (κ1) is 35.1. The van der Waals surface area contributed by atoms with Crippen molar-refractivity contribution in [1.29, 1.82) is 5.41 Å². The van der Waals surface area contributed by atoms with Gasteiger partial charge in [0.15, 0.2) is 5.69 Å². The van der Waals surface area contributed by atoms with Gasteiger partial charge in [-0.3, -0.25) is 9.59 Å². The van der Waals surface area contributed by atoms with Crippen LogP contribution in [0.1, 0.15) is 32.0 Å². The van der Waals surface area contributed by atoms with Crippen LogP contribution < -0.4 is 26.9 Å². The fourth-order valence-corrected chi connectivity index (χ4v) is 4.33. The van der Waals surface area contributed by atoms with Crippen molar-refractivity contribution in [2.75, 3.05) is 13.7 Å². The average molecular weight is 657 g/mol. The van der Waals surface area contributed by atoms with E-state index in [9.17, 15) is 31.5 Å². The van der Waals surface area contributed by atoms with E-state index in [4.69, 9.17) is 27.5 Å². The summed E-state index contributed by atoms with van der Waals surface area (Å²) in [5, 5.41) is 15.7. The Hall–Kier alpha value is -4.41. The van der Waals surface area contributed by atoms with E-state index in [1.165, 1.54) is 54.3 Å². The Morgan fingerprint density at radius 3 is 2.53 bits per heavy atom. The van der Waals surface area contributed by atoms with Crippen LogP contribution in [0.15, 0.2) is 65.3 Å². The first-order valence-corrected chi connectivity index (χ1v) is 13.6. The van der Waals surface area contributed by atoms with Crippen molar-refractivity contribution in [1.82, 2.24) is 30.4 Å². The molecule has 0 fully saturated rings. The number of nitrogens with two attached hydrogens (primary N) is 1. The third kappa shape index (κ3) is 9.29. The standard InChI is InChI=1S/C28H30ClF5N8O3/c1-15(12-37-39-27(30)31)9-20(35)22(6-4-5-16(2)26(36)44)41-13-23(45-3)19(11-25(41)43)18-10-17(29)7-8-21(18)42-14-24(38-40-42)28(32,33)34/h4-5,7-11,13-14,16,22,27,35,37,39H,6,12H2,1-3H3,(H2,36,44)/b5-4+,15-9+,35-20?/t16-,22?/m1/s1. The molecule has 0 aliphatic heterocycles. The fourth-order valence-electron chi connectivity index (χ4n) is 4.16. The molecular weight excluding hydrogens is 627 g/mol. The first-order valence-electron chi connectivity index (χ1n) is 13.2. The molecule has 2 aromatic heterocycles. The minimum atomic E-state index is -4.74. The molecule has 0 saturated carbocycles. The molecule has 3 rings (SSSR count). The molecule has 11 nitrogen and oxygen atoms in total. The fraction of sp³-hybridized carbons (Fsp3) is 0.321. The van der Waals surface area contributed by atoms with Crippen LogP contribution in [0.3, 0.4) is 0 Å². The van der Waals surface area contributed by atoms with E-state index in [1.807, 2.05) is 0 Å². The van der Waals surface area contributed by atoms with Gasteiger partial charge in [-0.2, -0.15) is 27.4 Å². The SMILES string of the molecule is COc1cn(C(C/C=C/[C@@H](C)C(N)=O)C(=N)/C=C(\C)CNNC(F)F)c(=O)cc1-c1cc(Cl)ccc1-n1cc(C(F)(F)F)nn1. The number of carbonyl (C=O) groups excluding carboxylic acids is 1. The average Bonchev–Trinajstić information content (AvgIpc) is 3.46. The Morgan fingerprint density at radius 2 is 1.93 bits per heavy atom. The van der Waals surface area contributed by atoms with Crippen molar-refractivity contribution in [3.8, 4) is 22.6 Å². The molecule has 0 radical (unpaired) electrons. The summed E-state index contributed by atoms with van der Waals surface area (Å²) in [6, 6.07) is 4.48. The van der Waals surface area contributed by atoms with Gasteiger partial charge in [-0.05, 0) is 37.6 Å². The summed E-state index contributed by atoms with van der Waals surface area (Å²) in [6.07, 6.45) is 1.84. The molecule has 1 amide bonds. The number of primary amides is 1. The van der Waals surface area contributed by atoms with E-state index in [0.717, 1.165) is 4.68 Å². The van der Waals surface area contributed by atoms with Crippen molar-refractivity contribution in [3.05, 3.63) is 81.5 Å². The van der Waals surface area contributed by atoms with Gasteiger partial charge in [0.2, 0.25) is 5.91 Å². The number of nitrogens with one attached hydrogen (secondary N) is 3. The number of hydrogen-bond acceptors (Lipinski definition) is 8. The molecule has 17 heteroatoms. The lowest BCUT2D eigenvalue weighted by Gasteiger charge is -2.21. The number of nitrogens with zero attached hydrogens (tertiary/aromatic N) is 4. The number of pyridine rings is 1. The number of benzene rings is 1. The van der Waals surface area contributed by atoms with Crippen LogP contribution >= 0.6 is 11.6 Å². The summed E-state index contributed by atoms with van der Waals surface area (Å²) in [5.74, 6) is -1.11. The zero-order chi connectivity index (χ0) is 33.5. The van der Waals surface area contributed by atoms with Crippen molar-refractivity contribution in [3.63, 3.8) is 0 Å². The van der Waals surface area contributed by atoms with Gasteiger partial charge in [-0.15, -0.1) is 5.10 Å². The molecule has 0 aliphatic rings. The molecule has 0 saturated heterocycles. The van der Waals surface area contributed by atoms with Crippen molar-refractivity contribution in [2.45, 2.75) is 39.0 Å². The highest BCUT2D eigenvalue weighted by atomic mass is 35.5. The zero-order valence-corrected chi connectivity index (χ0v) is 25.0. The predicted molar refractivity (Wildman–Crippen MR) is 157 cm³/mol. The largest absolute Gasteiger partial charge is 0.495 e. The molecule has 2 heterocycles. The van der Waals surface area contributed by atoms with Crippen LogP contribution in [0.5, 0.6) is 5.75 Å². The molecule has 45 heavy (non-hydrogen) atoms. The monoisotopic (exact) mass is 656 g/mol. The molecular formula is C28H30ClF5N8O3. The zero-order valence-electron chi connectivity index (χ0n) is 24.2. The first-order chi connectivity index (χ1) is 21.1. The van der Waals surface area contributed by atoms with Crippen LogP contribution in [0.25, 0.3) is 16.8 Å². The van der Waals surface area contributed by atoms with Gasteiger partial charge in [0.25, 0.3) is 5.56 Å². The Morgan fingerprint density at radius 1 is 1.22 bits per heavy atom. The molecule has 0 aliphatic carbocycles. The number of allylic oxidation sites excluding steroid dienone is 2. The number of rotatable bonds is 14. The highest BCUT2D eigenvalue weighted by molar-refractivity contribution is 6.31. The van der Waals surface area contributed by atoms with Crippen molar-refractivity contribution >= 4 is 23.2 Å². The third-order valence-corrected chi connectivity index (χ3v) is 6.69. The second-order valence-corrected chi connectivity index (χ2v) is 10.3. The number of aromatic nitrogens is 4. The van der Waals surface area contributed by atoms with E-state index < -0.39 is 41.8 Å². The maximum Gasteiger partial charge on any atom is 0.436 e. The second-order valence-electron chi connectivity index (χ2n) is 9.82. The van der Waals surface area contributed by atoms with E-state index in [-0.39, 0.29) is 46.3 Å². The summed E-state index contributed by atoms with van der Waals surface area (Å²) in [4.78, 5) is 25.1. The highest BCUT2D eigenvalue weighted by Gasteiger charge is 2.35. The number of alkyl halides is 5. The van der Waals surface area contributed by atoms with Gasteiger partial charge in [0.1, 0.15) is 5.75 Å². The Balaban J connectivity index is 2.11. The molecule has 1 unspecified atom stereocenters. The minimum Gasteiger partial charge on any atom is -0.495 e. The Bertz CT molecular complexity index is 1650. The quantitative estimate of drug-likeness (QED) is 0.0647. The third-order valence-electron chi connectivity index (χ3n) is 6.45. The summed E-state index contributed by atoms with van der Waals surface area (Å²) < 4.78 is 72.2. The summed E-state index contributed by atoms with van der Waals surface area (Å²) in [6.45, 7) is 0.326. The lowest BCUT2D eigenvalue weighted by molar-refractivity contribution is -0.141. The molecule has 1 aromatic carbocycles. The van der Waals surface area contributed by atoms with E-state index >= 15 is 0 Å². The van der Waals surface area contributed by atoms with Crippen molar-refractivity contribution < 1.29 is 31.5 Å². The number of halogens is 6. The predicted octanol–water partition coefficient (Wildman–Crippen LogP) is 4.67. The van der Waals surface area contributed by atoms with Gasteiger partial charge >= 0.3 is 12.7 Å². The number of hydrazine groups is 1. The van der Waals surface area contributed by atoms with Crippen LogP contribution in [0, 0.1) is 11.3 Å². The maximum absolute atomic E-state index is 13.6. The van der Waals surface area contributed by atoms with E-state index in [1.54, 1.807) is 25.3 Å². The van der Waals surface area contributed by atoms with Crippen LogP contribution in [0.4, 0.5) is 22.0 Å². The number of hydrogen-bond donors (Lipinski definition) is 4. The topological polar surface area (TPSA) is 153 Å². The van der Waals surface area contributed by atoms with Gasteiger partial charge in [0.05, 0.1) is 42.9 Å². The molecule has 242 valence electrons. The number of amides is 1. The van der Waals surface area contributed by atoms with Gasteiger partial charge in [-0.25, -0.2) is 10.1 Å². The lowest BCUT2D eigenvalue weighted by atomic mass is 10.0. The maximum atomic E-state index is 13.6. The molecule has 3 aromatic rings. The molecule has 0 spiro atoms. The van der Waals surface area contributed by atoms with E-state index in [0.29, 0.717) is 11.8 Å². The van der Waals surface area contributed by atoms with Crippen LogP contribution in [-0.4, -0.2) is 51.4 Å². The molecule has 0 bridgehead atoms. The van der Waals surface area contributed by atoms with Gasteiger partial charge < -0.3 is 20.4 Å². The smallest absolute Gasteiger partial charge is 0.436 e. The highest BCUT2D eigenvalue weighted by Crippen LogP contribution is 2.36. The summed E-state index contributed by atoms with van der Waals surface area (Å²) in [7, 11) is 1.32. The van der Waals surface area contributed by atoms with E-state index in [2.05, 4.69) is 15.7 Å². The van der Waals surface area contributed by atoms with Crippen LogP contribution in [0.2, 0.25) is 5.02 Å². The number of ether oxygens (including phenoxy) is 1. The normalized spacial score (nSPS) is 13.8.